The minimum Gasteiger partial charge on any atom is -0.480 e. The molecule has 1 aliphatic rings. The Morgan fingerprint density at radius 2 is 2.33 bits per heavy atom. The highest BCUT2D eigenvalue weighted by Gasteiger charge is 2.25. The molecule has 1 heterocycles. The van der Waals surface area contributed by atoms with E-state index in [9.17, 15) is 13.2 Å². The standard InChI is InChI=1S/C10H15N3O4S/c1-7(10(14)15)12-18(16,17)9-4-11-13(6-9)5-8-2-3-8/h4,6-8,12H,2-3,5H2,1H3,(H,14,15)/t7-/m1/s1. The van der Waals surface area contributed by atoms with Crippen molar-refractivity contribution in [3.8, 4) is 0 Å². The van der Waals surface area contributed by atoms with Gasteiger partial charge in [0, 0.05) is 12.7 Å². The average Bonchev–Trinajstić information content (AvgIpc) is 2.92. The summed E-state index contributed by atoms with van der Waals surface area (Å²) in [5, 5.41) is 12.6. The molecule has 0 saturated heterocycles. The molecule has 7 nitrogen and oxygen atoms in total. The van der Waals surface area contributed by atoms with Gasteiger partial charge in [-0.3, -0.25) is 9.48 Å². The van der Waals surface area contributed by atoms with Crippen molar-refractivity contribution in [2.24, 2.45) is 5.92 Å². The number of carboxylic acids is 1. The van der Waals surface area contributed by atoms with Crippen molar-refractivity contribution in [3.05, 3.63) is 12.4 Å². The Kier molecular flexibility index (Phi) is 3.40. The molecule has 0 amide bonds. The highest BCUT2D eigenvalue weighted by atomic mass is 32.2. The molecule has 0 spiro atoms. The van der Waals surface area contributed by atoms with Crippen LogP contribution in [0.1, 0.15) is 19.8 Å². The van der Waals surface area contributed by atoms with Gasteiger partial charge in [0.1, 0.15) is 10.9 Å². The SMILES string of the molecule is C[C@@H](NS(=O)(=O)c1cnn(CC2CC2)c1)C(=O)O. The first-order valence-electron chi connectivity index (χ1n) is 5.66. The fourth-order valence-corrected chi connectivity index (χ4v) is 2.65. The topological polar surface area (TPSA) is 101 Å². The van der Waals surface area contributed by atoms with E-state index >= 15 is 0 Å². The van der Waals surface area contributed by atoms with Crippen LogP contribution in [-0.4, -0.2) is 35.3 Å². The normalized spacial score (nSPS) is 17.6. The van der Waals surface area contributed by atoms with Crippen LogP contribution in [0.15, 0.2) is 17.3 Å². The molecule has 8 heteroatoms. The maximum absolute atomic E-state index is 11.8. The first-order chi connectivity index (χ1) is 8.38. The number of nitrogens with one attached hydrogen (secondary N) is 1. The van der Waals surface area contributed by atoms with Crippen molar-refractivity contribution >= 4 is 16.0 Å². The third-order valence-electron chi connectivity index (χ3n) is 2.76. The van der Waals surface area contributed by atoms with E-state index in [1.165, 1.54) is 19.3 Å². The largest absolute Gasteiger partial charge is 0.480 e. The van der Waals surface area contributed by atoms with Gasteiger partial charge in [-0.25, -0.2) is 8.42 Å². The molecular formula is C10H15N3O4S. The smallest absolute Gasteiger partial charge is 0.321 e. The number of nitrogens with zero attached hydrogens (tertiary/aromatic N) is 2. The van der Waals surface area contributed by atoms with Crippen molar-refractivity contribution in [2.45, 2.75) is 37.2 Å². The summed E-state index contributed by atoms with van der Waals surface area (Å²) in [6, 6.07) is -1.17. The van der Waals surface area contributed by atoms with Crippen molar-refractivity contribution in [1.29, 1.82) is 0 Å². The molecule has 0 unspecified atom stereocenters. The highest BCUT2D eigenvalue weighted by molar-refractivity contribution is 7.89. The minimum atomic E-state index is -3.81. The fraction of sp³-hybridized carbons (Fsp3) is 0.600. The molecule has 1 atom stereocenters. The zero-order valence-corrected chi connectivity index (χ0v) is 10.7. The van der Waals surface area contributed by atoms with E-state index in [1.807, 2.05) is 0 Å². The zero-order chi connectivity index (χ0) is 13.3. The van der Waals surface area contributed by atoms with Crippen LogP contribution in [0.3, 0.4) is 0 Å². The molecule has 0 aliphatic heterocycles. The quantitative estimate of drug-likeness (QED) is 0.762. The van der Waals surface area contributed by atoms with E-state index in [2.05, 4.69) is 9.82 Å². The van der Waals surface area contributed by atoms with Gasteiger partial charge in [0.15, 0.2) is 0 Å². The molecule has 0 bridgehead atoms. The van der Waals surface area contributed by atoms with Gasteiger partial charge in [0.2, 0.25) is 10.0 Å². The van der Waals surface area contributed by atoms with Gasteiger partial charge in [-0.2, -0.15) is 9.82 Å². The molecule has 2 N–H and O–H groups in total. The van der Waals surface area contributed by atoms with Crippen LogP contribution < -0.4 is 4.72 Å². The molecule has 18 heavy (non-hydrogen) atoms. The van der Waals surface area contributed by atoms with Gasteiger partial charge >= 0.3 is 5.97 Å². The van der Waals surface area contributed by atoms with Gasteiger partial charge in [0.05, 0.1) is 6.20 Å². The van der Waals surface area contributed by atoms with Gasteiger partial charge in [-0.05, 0) is 25.7 Å². The number of aromatic nitrogens is 2. The van der Waals surface area contributed by atoms with E-state index in [0.29, 0.717) is 12.5 Å². The van der Waals surface area contributed by atoms with Crippen molar-refractivity contribution in [2.75, 3.05) is 0 Å². The second kappa shape index (κ2) is 4.69. The first-order valence-corrected chi connectivity index (χ1v) is 7.14. The molecule has 0 radical (unpaired) electrons. The first kappa shape index (κ1) is 13.0. The lowest BCUT2D eigenvalue weighted by atomic mass is 10.4. The molecule has 1 aromatic rings. The summed E-state index contributed by atoms with van der Waals surface area (Å²) >= 11 is 0. The lowest BCUT2D eigenvalue weighted by Crippen LogP contribution is -2.38. The Balaban J connectivity index is 2.08. The number of hydrogen-bond donors (Lipinski definition) is 2. The lowest BCUT2D eigenvalue weighted by Gasteiger charge is -2.08. The molecule has 1 aromatic heterocycles. The maximum Gasteiger partial charge on any atom is 0.321 e. The van der Waals surface area contributed by atoms with E-state index < -0.39 is 22.0 Å². The number of hydrogen-bond acceptors (Lipinski definition) is 4. The van der Waals surface area contributed by atoms with Crippen LogP contribution in [0.4, 0.5) is 0 Å². The molecule has 1 saturated carbocycles. The zero-order valence-electron chi connectivity index (χ0n) is 9.91. The van der Waals surface area contributed by atoms with Crippen LogP contribution in [0.25, 0.3) is 0 Å². The second-order valence-electron chi connectivity index (χ2n) is 4.52. The second-order valence-corrected chi connectivity index (χ2v) is 6.24. The average molecular weight is 273 g/mol. The Hall–Kier alpha value is -1.41. The number of carboxylic acid groups (broad SMARTS) is 1. The summed E-state index contributed by atoms with van der Waals surface area (Å²) in [7, 11) is -3.81. The van der Waals surface area contributed by atoms with Gasteiger partial charge < -0.3 is 5.11 Å². The summed E-state index contributed by atoms with van der Waals surface area (Å²) in [5.74, 6) is -0.629. The van der Waals surface area contributed by atoms with Crippen LogP contribution in [0, 0.1) is 5.92 Å². The Morgan fingerprint density at radius 3 is 2.89 bits per heavy atom. The summed E-state index contributed by atoms with van der Waals surface area (Å²) in [6.45, 7) is 1.98. The summed E-state index contributed by atoms with van der Waals surface area (Å²) < 4.78 is 27.3. The molecular weight excluding hydrogens is 258 g/mol. The molecule has 1 aliphatic carbocycles. The fourth-order valence-electron chi connectivity index (χ4n) is 1.50. The van der Waals surface area contributed by atoms with Crippen molar-refractivity contribution < 1.29 is 18.3 Å². The number of rotatable bonds is 6. The van der Waals surface area contributed by atoms with E-state index in [4.69, 9.17) is 5.11 Å². The number of aliphatic carboxylic acids is 1. The van der Waals surface area contributed by atoms with Crippen LogP contribution in [0.2, 0.25) is 0 Å². The monoisotopic (exact) mass is 273 g/mol. The third kappa shape index (κ3) is 3.08. The number of carbonyl (C=O) groups is 1. The Morgan fingerprint density at radius 1 is 1.67 bits per heavy atom. The third-order valence-corrected chi connectivity index (χ3v) is 4.26. The maximum atomic E-state index is 11.8. The minimum absolute atomic E-state index is 0.00347. The molecule has 2 rings (SSSR count). The predicted octanol–water partition coefficient (Wildman–Crippen LogP) is 0.0445. The number of sulfonamides is 1. The molecule has 0 aromatic carbocycles. The van der Waals surface area contributed by atoms with Crippen molar-refractivity contribution in [1.82, 2.24) is 14.5 Å². The van der Waals surface area contributed by atoms with Crippen LogP contribution in [-0.2, 0) is 21.4 Å². The molecule has 100 valence electrons. The van der Waals surface area contributed by atoms with Crippen LogP contribution >= 0.6 is 0 Å². The van der Waals surface area contributed by atoms with Crippen molar-refractivity contribution in [3.63, 3.8) is 0 Å². The van der Waals surface area contributed by atoms with Gasteiger partial charge in [-0.15, -0.1) is 0 Å². The Bertz CT molecular complexity index is 547. The van der Waals surface area contributed by atoms with Gasteiger partial charge in [0.25, 0.3) is 0 Å². The van der Waals surface area contributed by atoms with E-state index in [1.54, 1.807) is 4.68 Å². The summed E-state index contributed by atoms with van der Waals surface area (Å²) in [5.41, 5.74) is 0. The molecule has 1 fully saturated rings. The predicted molar refractivity (Wildman–Crippen MR) is 62.4 cm³/mol. The summed E-state index contributed by atoms with van der Waals surface area (Å²) in [6.07, 6.45) is 4.96. The van der Waals surface area contributed by atoms with Gasteiger partial charge in [-0.1, -0.05) is 0 Å². The van der Waals surface area contributed by atoms with Crippen LogP contribution in [0.5, 0.6) is 0 Å². The lowest BCUT2D eigenvalue weighted by molar-refractivity contribution is -0.138. The Labute approximate surface area is 105 Å². The van der Waals surface area contributed by atoms with E-state index in [0.717, 1.165) is 12.8 Å². The summed E-state index contributed by atoms with van der Waals surface area (Å²) in [4.78, 5) is 10.6. The van der Waals surface area contributed by atoms with E-state index in [-0.39, 0.29) is 4.90 Å². The highest BCUT2D eigenvalue weighted by Crippen LogP contribution is 2.30.